The summed E-state index contributed by atoms with van der Waals surface area (Å²) in [4.78, 5) is 15.2. The summed E-state index contributed by atoms with van der Waals surface area (Å²) in [5.41, 5.74) is 9.65. The molecule has 29 heavy (non-hydrogen) atoms. The summed E-state index contributed by atoms with van der Waals surface area (Å²) in [5, 5.41) is 4.44. The van der Waals surface area contributed by atoms with Gasteiger partial charge in [-0.05, 0) is 35.7 Å². The first kappa shape index (κ1) is 19.3. The number of aromatic nitrogens is 2. The van der Waals surface area contributed by atoms with Crippen molar-refractivity contribution in [3.8, 4) is 5.69 Å². The molecular weight excluding hydrogens is 367 g/mol. The average Bonchev–Trinajstić information content (AvgIpc) is 3.33. The molecule has 4 rings (SSSR count). The van der Waals surface area contributed by atoms with Crippen molar-refractivity contribution in [1.29, 1.82) is 0 Å². The normalized spacial score (nSPS) is 19.1. The van der Waals surface area contributed by atoms with Crippen LogP contribution < -0.4 is 5.73 Å². The van der Waals surface area contributed by atoms with Gasteiger partial charge in [0, 0.05) is 25.0 Å². The van der Waals surface area contributed by atoms with Gasteiger partial charge >= 0.3 is 0 Å². The van der Waals surface area contributed by atoms with E-state index in [1.807, 2.05) is 36.9 Å². The van der Waals surface area contributed by atoms with Crippen molar-refractivity contribution >= 4 is 5.91 Å². The van der Waals surface area contributed by atoms with Crippen LogP contribution in [0, 0.1) is 5.82 Å². The Morgan fingerprint density at radius 3 is 2.45 bits per heavy atom. The second-order valence-electron chi connectivity index (χ2n) is 7.88. The predicted octanol–water partition coefficient (Wildman–Crippen LogP) is 3.70. The van der Waals surface area contributed by atoms with Gasteiger partial charge in [0.05, 0.1) is 23.1 Å². The van der Waals surface area contributed by atoms with E-state index in [1.54, 1.807) is 23.0 Å². The first-order valence-electron chi connectivity index (χ1n) is 9.89. The first-order valence-corrected chi connectivity index (χ1v) is 9.89. The van der Waals surface area contributed by atoms with Crippen molar-refractivity contribution in [2.45, 2.75) is 31.7 Å². The lowest BCUT2D eigenvalue weighted by atomic mass is 9.95. The minimum Gasteiger partial charge on any atom is -0.336 e. The fourth-order valence-corrected chi connectivity index (χ4v) is 4.08. The van der Waals surface area contributed by atoms with Crippen molar-refractivity contribution in [2.24, 2.45) is 5.73 Å². The highest BCUT2D eigenvalue weighted by Crippen LogP contribution is 2.30. The summed E-state index contributed by atoms with van der Waals surface area (Å²) >= 11 is 0. The minimum absolute atomic E-state index is 0.0593. The maximum absolute atomic E-state index is 13.4. The summed E-state index contributed by atoms with van der Waals surface area (Å²) in [5.74, 6) is -0.172. The van der Waals surface area contributed by atoms with E-state index in [1.165, 1.54) is 12.1 Å². The average molecular weight is 392 g/mol. The quantitative estimate of drug-likeness (QED) is 0.736. The highest BCUT2D eigenvalue weighted by molar-refractivity contribution is 5.95. The van der Waals surface area contributed by atoms with Gasteiger partial charge in [-0.3, -0.25) is 4.79 Å². The van der Waals surface area contributed by atoms with Crippen LogP contribution in [0.1, 0.15) is 47.3 Å². The molecule has 2 atom stereocenters. The van der Waals surface area contributed by atoms with Gasteiger partial charge in [0.15, 0.2) is 0 Å². The lowest BCUT2D eigenvalue weighted by molar-refractivity contribution is 0.0787. The number of hydrogen-bond donors (Lipinski definition) is 1. The van der Waals surface area contributed by atoms with Crippen molar-refractivity contribution in [1.82, 2.24) is 14.7 Å². The number of nitrogens with two attached hydrogens (primary N) is 1. The molecule has 0 spiro atoms. The van der Waals surface area contributed by atoms with Gasteiger partial charge in [0.25, 0.3) is 5.91 Å². The Kier molecular flexibility index (Phi) is 5.20. The molecule has 3 aromatic rings. The SMILES string of the molecule is CC(C)c1c(C(=O)N2C[C@@H](N)[C@H](c3ccccc3)C2)cnn1-c1ccc(F)cc1. The van der Waals surface area contributed by atoms with Gasteiger partial charge in [-0.2, -0.15) is 5.10 Å². The molecule has 5 nitrogen and oxygen atoms in total. The van der Waals surface area contributed by atoms with Crippen LogP contribution in [0.5, 0.6) is 0 Å². The molecule has 1 fully saturated rings. The number of benzene rings is 2. The lowest BCUT2D eigenvalue weighted by Crippen LogP contribution is -2.32. The minimum atomic E-state index is -0.304. The van der Waals surface area contributed by atoms with E-state index < -0.39 is 0 Å². The number of nitrogens with zero attached hydrogens (tertiary/aromatic N) is 3. The van der Waals surface area contributed by atoms with Gasteiger partial charge in [0.1, 0.15) is 5.82 Å². The third-order valence-electron chi connectivity index (χ3n) is 5.53. The van der Waals surface area contributed by atoms with Crippen LogP contribution >= 0.6 is 0 Å². The summed E-state index contributed by atoms with van der Waals surface area (Å²) in [6.07, 6.45) is 1.61. The number of amides is 1. The molecule has 2 N–H and O–H groups in total. The Morgan fingerprint density at radius 2 is 1.79 bits per heavy atom. The second-order valence-corrected chi connectivity index (χ2v) is 7.88. The molecule has 0 bridgehead atoms. The topological polar surface area (TPSA) is 64.2 Å². The highest BCUT2D eigenvalue weighted by Gasteiger charge is 2.36. The number of likely N-dealkylation sites (tertiary alicyclic amines) is 1. The van der Waals surface area contributed by atoms with E-state index in [-0.39, 0.29) is 29.6 Å². The summed E-state index contributed by atoms with van der Waals surface area (Å²) in [6, 6.07) is 16.1. The smallest absolute Gasteiger partial charge is 0.257 e. The van der Waals surface area contributed by atoms with E-state index in [4.69, 9.17) is 5.73 Å². The van der Waals surface area contributed by atoms with Crippen LogP contribution in [0.25, 0.3) is 5.69 Å². The van der Waals surface area contributed by atoms with Gasteiger partial charge in [-0.15, -0.1) is 0 Å². The molecular formula is C23H25FN4O. The van der Waals surface area contributed by atoms with E-state index in [0.717, 1.165) is 16.9 Å². The molecule has 2 aromatic carbocycles. The first-order chi connectivity index (χ1) is 14.0. The van der Waals surface area contributed by atoms with Crippen molar-refractivity contribution in [3.63, 3.8) is 0 Å². The molecule has 0 saturated carbocycles. The maximum atomic E-state index is 13.4. The number of halogens is 1. The standard InChI is InChI=1S/C23H25FN4O/c1-15(2)22-19(12-26-28(22)18-10-8-17(24)9-11-18)23(29)27-13-20(21(25)14-27)16-6-4-3-5-7-16/h3-12,15,20-21H,13-14,25H2,1-2H3/t20-,21+/m0/s1. The van der Waals surface area contributed by atoms with Crippen LogP contribution in [0.3, 0.4) is 0 Å². The third kappa shape index (κ3) is 3.68. The summed E-state index contributed by atoms with van der Waals surface area (Å²) in [7, 11) is 0. The second kappa shape index (κ2) is 7.79. The molecule has 0 radical (unpaired) electrons. The Balaban J connectivity index is 1.63. The largest absolute Gasteiger partial charge is 0.336 e. The van der Waals surface area contributed by atoms with Crippen molar-refractivity contribution in [2.75, 3.05) is 13.1 Å². The fraction of sp³-hybridized carbons (Fsp3) is 0.304. The molecule has 1 aliphatic rings. The number of carbonyl (C=O) groups is 1. The molecule has 6 heteroatoms. The lowest BCUT2D eigenvalue weighted by Gasteiger charge is -2.18. The van der Waals surface area contributed by atoms with Crippen LogP contribution in [0.2, 0.25) is 0 Å². The monoisotopic (exact) mass is 392 g/mol. The summed E-state index contributed by atoms with van der Waals surface area (Å²) in [6.45, 7) is 5.15. The Morgan fingerprint density at radius 1 is 1.10 bits per heavy atom. The zero-order chi connectivity index (χ0) is 20.5. The van der Waals surface area contributed by atoms with Crippen molar-refractivity contribution in [3.05, 3.63) is 83.4 Å². The molecule has 1 aliphatic heterocycles. The van der Waals surface area contributed by atoms with Gasteiger partial charge in [0.2, 0.25) is 0 Å². The van der Waals surface area contributed by atoms with E-state index in [0.29, 0.717) is 18.7 Å². The van der Waals surface area contributed by atoms with E-state index in [2.05, 4.69) is 17.2 Å². The van der Waals surface area contributed by atoms with Gasteiger partial charge in [-0.1, -0.05) is 44.2 Å². The predicted molar refractivity (Wildman–Crippen MR) is 111 cm³/mol. The van der Waals surface area contributed by atoms with E-state index >= 15 is 0 Å². The van der Waals surface area contributed by atoms with Gasteiger partial charge < -0.3 is 10.6 Å². The van der Waals surface area contributed by atoms with E-state index in [9.17, 15) is 9.18 Å². The number of hydrogen-bond acceptors (Lipinski definition) is 3. The molecule has 1 saturated heterocycles. The Hall–Kier alpha value is -2.99. The molecule has 2 heterocycles. The highest BCUT2D eigenvalue weighted by atomic mass is 19.1. The summed E-state index contributed by atoms with van der Waals surface area (Å²) < 4.78 is 15.0. The molecule has 150 valence electrons. The van der Waals surface area contributed by atoms with Crippen molar-refractivity contribution < 1.29 is 9.18 Å². The molecule has 0 aliphatic carbocycles. The van der Waals surface area contributed by atoms with Crippen LogP contribution in [0.4, 0.5) is 4.39 Å². The van der Waals surface area contributed by atoms with Crippen LogP contribution in [0.15, 0.2) is 60.8 Å². The number of carbonyl (C=O) groups excluding carboxylic acids is 1. The Labute approximate surface area is 169 Å². The van der Waals surface area contributed by atoms with Gasteiger partial charge in [-0.25, -0.2) is 9.07 Å². The molecule has 1 aromatic heterocycles. The Bertz CT molecular complexity index is 997. The molecule has 0 unspecified atom stereocenters. The number of rotatable bonds is 4. The fourth-order valence-electron chi connectivity index (χ4n) is 4.08. The zero-order valence-electron chi connectivity index (χ0n) is 16.6. The third-order valence-corrected chi connectivity index (χ3v) is 5.53. The maximum Gasteiger partial charge on any atom is 0.257 e. The molecule has 1 amide bonds. The van der Waals surface area contributed by atoms with Crippen LogP contribution in [-0.2, 0) is 0 Å². The zero-order valence-corrected chi connectivity index (χ0v) is 16.6. The van der Waals surface area contributed by atoms with Crippen LogP contribution in [-0.4, -0.2) is 39.7 Å².